The van der Waals surface area contributed by atoms with Crippen molar-refractivity contribution in [2.75, 3.05) is 0 Å². The molecule has 11 heavy (non-hydrogen) atoms. The van der Waals surface area contributed by atoms with Gasteiger partial charge in [0.25, 0.3) is 0 Å². The van der Waals surface area contributed by atoms with E-state index in [4.69, 9.17) is 17.3 Å². The van der Waals surface area contributed by atoms with Crippen molar-refractivity contribution in [2.45, 2.75) is 0 Å². The third kappa shape index (κ3) is 2.83. The Morgan fingerprint density at radius 2 is 1.91 bits per heavy atom. The number of rotatable bonds is 1. The molecule has 0 spiro atoms. The van der Waals surface area contributed by atoms with Crippen LogP contribution in [0.25, 0.3) is 5.73 Å². The van der Waals surface area contributed by atoms with Crippen molar-refractivity contribution in [3.8, 4) is 0 Å². The molecule has 4 heteroatoms. The molecule has 0 aliphatic rings. The molecule has 0 saturated carbocycles. The Hall–Kier alpha value is -0.0200. The number of carbonyl (C=O) groups is 1. The second-order valence-corrected chi connectivity index (χ2v) is 2.22. The molecule has 1 aromatic rings. The molecule has 0 bridgehead atoms. The minimum absolute atomic E-state index is 0. The van der Waals surface area contributed by atoms with Gasteiger partial charge in [0.15, 0.2) is 0 Å². The van der Waals surface area contributed by atoms with Gasteiger partial charge in [-0.25, -0.2) is 0 Å². The van der Waals surface area contributed by atoms with E-state index in [2.05, 4.69) is 0 Å². The fraction of sp³-hybridized carbons (Fsp3) is 0. The van der Waals surface area contributed by atoms with E-state index in [1.165, 1.54) is 6.07 Å². The number of amides is 1. The molecule has 2 nitrogen and oxygen atoms in total. The first-order chi connectivity index (χ1) is 4.72. The average Bonchev–Trinajstić information content (AvgIpc) is 1.88. The number of hydrogen-bond donors (Lipinski definition) is 0. The van der Waals surface area contributed by atoms with Gasteiger partial charge >= 0.3 is 29.6 Å². The Balaban J connectivity index is 0.000001000. The van der Waals surface area contributed by atoms with Gasteiger partial charge in [0.05, 0.1) is 5.91 Å². The Bertz CT molecular complexity index is 264. The first-order valence-corrected chi connectivity index (χ1v) is 3.10. The largest absolute Gasteiger partial charge is 1.00 e. The molecule has 1 N–H and O–H groups in total. The van der Waals surface area contributed by atoms with Crippen LogP contribution in [0.15, 0.2) is 24.3 Å². The van der Waals surface area contributed by atoms with E-state index < -0.39 is 5.91 Å². The zero-order valence-corrected chi connectivity index (χ0v) is 8.85. The Labute approximate surface area is 92.0 Å². The zero-order valence-electron chi connectivity index (χ0n) is 6.10. The van der Waals surface area contributed by atoms with Crippen molar-refractivity contribution in [2.24, 2.45) is 0 Å². The van der Waals surface area contributed by atoms with E-state index in [-0.39, 0.29) is 35.1 Å². The molecule has 52 valence electrons. The molecule has 0 aromatic heterocycles. The van der Waals surface area contributed by atoms with Gasteiger partial charge in [0, 0.05) is 10.6 Å². The molecule has 0 radical (unpaired) electrons. The minimum Gasteiger partial charge on any atom is -0.664 e. The van der Waals surface area contributed by atoms with E-state index in [1.807, 2.05) is 0 Å². The number of benzene rings is 1. The molecule has 0 aliphatic carbocycles. The first kappa shape index (κ1) is 11.0. The summed E-state index contributed by atoms with van der Waals surface area (Å²) in [5.41, 5.74) is 6.99. The summed E-state index contributed by atoms with van der Waals surface area (Å²) in [6.45, 7) is 0. The summed E-state index contributed by atoms with van der Waals surface area (Å²) in [4.78, 5) is 10.4. The van der Waals surface area contributed by atoms with Crippen LogP contribution in [0.2, 0.25) is 5.02 Å². The molecule has 0 heterocycles. The maximum Gasteiger partial charge on any atom is 1.00 e. The molecular formula is C7H5ClNNaO. The summed E-state index contributed by atoms with van der Waals surface area (Å²) in [6.07, 6.45) is 0. The standard InChI is InChI=1S/C7H6ClNO.Na/c8-6-4-2-1-3-5(6)7(9)10;/h1-4H,(H2,9,10);/q;+1/p-1. The van der Waals surface area contributed by atoms with E-state index in [1.54, 1.807) is 18.2 Å². The number of carbonyl (C=O) groups excluding carboxylic acids is 1. The smallest absolute Gasteiger partial charge is 0.664 e. The van der Waals surface area contributed by atoms with Crippen molar-refractivity contribution in [1.29, 1.82) is 0 Å². The van der Waals surface area contributed by atoms with Crippen LogP contribution in [0.3, 0.4) is 0 Å². The quantitative estimate of drug-likeness (QED) is 0.535. The monoisotopic (exact) mass is 177 g/mol. The summed E-state index contributed by atoms with van der Waals surface area (Å²) in [5.74, 6) is -0.745. The summed E-state index contributed by atoms with van der Waals surface area (Å²) in [6, 6.07) is 6.50. The number of halogens is 1. The van der Waals surface area contributed by atoms with Gasteiger partial charge in [0.1, 0.15) is 0 Å². The van der Waals surface area contributed by atoms with E-state index in [9.17, 15) is 4.79 Å². The van der Waals surface area contributed by atoms with Gasteiger partial charge in [-0.3, -0.25) is 0 Å². The minimum atomic E-state index is -0.745. The van der Waals surface area contributed by atoms with Crippen molar-refractivity contribution < 1.29 is 34.4 Å². The molecule has 1 rings (SSSR count). The zero-order chi connectivity index (χ0) is 7.56. The first-order valence-electron chi connectivity index (χ1n) is 2.72. The maximum atomic E-state index is 10.4. The fourth-order valence-electron chi connectivity index (χ4n) is 0.645. The molecular weight excluding hydrogens is 173 g/mol. The van der Waals surface area contributed by atoms with Crippen molar-refractivity contribution >= 4 is 17.5 Å². The van der Waals surface area contributed by atoms with Gasteiger partial charge in [-0.05, 0) is 6.07 Å². The molecule has 0 aliphatic heterocycles. The van der Waals surface area contributed by atoms with Crippen LogP contribution < -0.4 is 29.6 Å². The van der Waals surface area contributed by atoms with Gasteiger partial charge in [-0.2, -0.15) is 0 Å². The Morgan fingerprint density at radius 3 is 2.27 bits per heavy atom. The predicted molar refractivity (Wildman–Crippen MR) is 40.1 cm³/mol. The van der Waals surface area contributed by atoms with E-state index in [0.717, 1.165) is 0 Å². The van der Waals surface area contributed by atoms with Gasteiger partial charge in [-0.15, -0.1) is 0 Å². The van der Waals surface area contributed by atoms with Crippen LogP contribution in [0, 0.1) is 0 Å². The van der Waals surface area contributed by atoms with Crippen LogP contribution >= 0.6 is 11.6 Å². The number of hydrogen-bond acceptors (Lipinski definition) is 1. The second-order valence-electron chi connectivity index (χ2n) is 1.81. The van der Waals surface area contributed by atoms with Gasteiger partial charge < -0.3 is 10.5 Å². The molecule has 0 fully saturated rings. The van der Waals surface area contributed by atoms with Crippen LogP contribution in [0.1, 0.15) is 10.4 Å². The van der Waals surface area contributed by atoms with Crippen LogP contribution in [0.5, 0.6) is 0 Å². The van der Waals surface area contributed by atoms with Crippen molar-refractivity contribution in [3.05, 3.63) is 40.6 Å². The summed E-state index contributed by atoms with van der Waals surface area (Å²) < 4.78 is 0. The van der Waals surface area contributed by atoms with Crippen molar-refractivity contribution in [3.63, 3.8) is 0 Å². The molecule has 1 amide bonds. The maximum absolute atomic E-state index is 10.4. The molecule has 0 unspecified atom stereocenters. The summed E-state index contributed by atoms with van der Waals surface area (Å²) >= 11 is 5.58. The van der Waals surface area contributed by atoms with E-state index >= 15 is 0 Å². The summed E-state index contributed by atoms with van der Waals surface area (Å²) in [7, 11) is 0. The van der Waals surface area contributed by atoms with Crippen molar-refractivity contribution in [1.82, 2.24) is 0 Å². The topological polar surface area (TPSA) is 40.9 Å². The Kier molecular flexibility index (Phi) is 4.77. The molecule has 0 saturated heterocycles. The predicted octanol–water partition coefficient (Wildman–Crippen LogP) is -0.464. The van der Waals surface area contributed by atoms with Gasteiger partial charge in [0.2, 0.25) is 0 Å². The Morgan fingerprint density at radius 1 is 1.36 bits per heavy atom. The normalized spacial score (nSPS) is 8.45. The molecule has 0 atom stereocenters. The van der Waals surface area contributed by atoms with Crippen LogP contribution in [-0.2, 0) is 0 Å². The molecule has 1 aromatic carbocycles. The third-order valence-electron chi connectivity index (χ3n) is 1.12. The van der Waals surface area contributed by atoms with E-state index in [0.29, 0.717) is 5.02 Å². The third-order valence-corrected chi connectivity index (χ3v) is 1.45. The van der Waals surface area contributed by atoms with Crippen LogP contribution in [-0.4, -0.2) is 5.91 Å². The second kappa shape index (κ2) is 4.78. The SMILES string of the molecule is [NH-]C(=O)c1ccccc1Cl.[Na+]. The average molecular weight is 178 g/mol. The number of nitrogens with one attached hydrogen (secondary N) is 1. The fourth-order valence-corrected chi connectivity index (χ4v) is 0.867. The van der Waals surface area contributed by atoms with Crippen LogP contribution in [0.4, 0.5) is 0 Å². The summed E-state index contributed by atoms with van der Waals surface area (Å²) in [5, 5.41) is 0.336. The van der Waals surface area contributed by atoms with Gasteiger partial charge in [-0.1, -0.05) is 29.8 Å².